The van der Waals surface area contributed by atoms with Crippen molar-refractivity contribution >= 4 is 32.6 Å². The summed E-state index contributed by atoms with van der Waals surface area (Å²) in [6.45, 7) is 0.309. The maximum atomic E-state index is 13.2. The first-order chi connectivity index (χ1) is 20.2. The Kier molecular flexibility index (Phi) is 9.69. The SMILES string of the molecule is Fc1ccc(C([SiH2]Cn2ccnc2)c2ccc(F)cc2)cc1.c1ccc(B(c2ccccc2)c2ccccc2)cc1. The third-order valence-corrected chi connectivity index (χ3v) is 9.47. The summed E-state index contributed by atoms with van der Waals surface area (Å²) < 4.78 is 28.4. The smallest absolute Gasteiger partial charge is 0.241 e. The number of nitrogens with zero attached hydrogens (tertiary/aromatic N) is 2. The van der Waals surface area contributed by atoms with Crippen molar-refractivity contribution in [3.05, 3.63) is 181 Å². The molecule has 6 aromatic rings. The highest BCUT2D eigenvalue weighted by atomic mass is 28.2. The number of imidazole rings is 1. The minimum Gasteiger partial charge on any atom is -0.341 e. The molecule has 0 aliphatic carbocycles. The molecule has 0 saturated heterocycles. The van der Waals surface area contributed by atoms with Gasteiger partial charge in [0.25, 0.3) is 0 Å². The number of hydrogen-bond donors (Lipinski definition) is 0. The summed E-state index contributed by atoms with van der Waals surface area (Å²) in [5, 5.41) is 0. The average molecular weight is 557 g/mol. The van der Waals surface area contributed by atoms with Gasteiger partial charge in [0.2, 0.25) is 6.71 Å². The quantitative estimate of drug-likeness (QED) is 0.234. The zero-order valence-corrected chi connectivity index (χ0v) is 24.1. The van der Waals surface area contributed by atoms with Crippen LogP contribution in [0.25, 0.3) is 0 Å². The molecule has 6 rings (SSSR count). The van der Waals surface area contributed by atoms with Gasteiger partial charge in [0.1, 0.15) is 11.6 Å². The number of hydrogen-bond acceptors (Lipinski definition) is 1. The fourth-order valence-corrected chi connectivity index (χ4v) is 7.16. The Morgan fingerprint density at radius 1 is 0.585 bits per heavy atom. The largest absolute Gasteiger partial charge is 0.341 e. The van der Waals surface area contributed by atoms with Gasteiger partial charge in [0.15, 0.2) is 0 Å². The normalized spacial score (nSPS) is 10.9. The van der Waals surface area contributed by atoms with Crippen molar-refractivity contribution in [2.24, 2.45) is 0 Å². The Hall–Kier alpha value is -4.55. The van der Waals surface area contributed by atoms with Crippen LogP contribution in [0.15, 0.2) is 158 Å². The van der Waals surface area contributed by atoms with Gasteiger partial charge in [0.05, 0.1) is 15.8 Å². The van der Waals surface area contributed by atoms with E-state index in [-0.39, 0.29) is 17.2 Å². The third kappa shape index (κ3) is 7.77. The van der Waals surface area contributed by atoms with Gasteiger partial charge in [-0.05, 0) is 40.9 Å². The third-order valence-electron chi connectivity index (χ3n) is 7.18. The molecule has 41 heavy (non-hydrogen) atoms. The Labute approximate surface area is 243 Å². The van der Waals surface area contributed by atoms with Gasteiger partial charge in [-0.1, -0.05) is 132 Å². The molecule has 2 nitrogen and oxygen atoms in total. The Morgan fingerprint density at radius 2 is 1.00 bits per heavy atom. The molecule has 0 amide bonds. The van der Waals surface area contributed by atoms with E-state index >= 15 is 0 Å². The molecule has 0 unspecified atom stereocenters. The molecular weight excluding hydrogens is 525 g/mol. The van der Waals surface area contributed by atoms with E-state index in [2.05, 4.69) is 101 Å². The fourth-order valence-electron chi connectivity index (χ4n) is 5.13. The van der Waals surface area contributed by atoms with Crippen LogP contribution in [0, 0.1) is 11.6 Å². The van der Waals surface area contributed by atoms with Crippen LogP contribution in [0.5, 0.6) is 0 Å². The molecule has 0 fully saturated rings. The Morgan fingerprint density at radius 3 is 1.37 bits per heavy atom. The molecule has 0 saturated carbocycles. The van der Waals surface area contributed by atoms with Gasteiger partial charge < -0.3 is 4.57 Å². The van der Waals surface area contributed by atoms with Crippen LogP contribution in [0.3, 0.4) is 0 Å². The van der Waals surface area contributed by atoms with E-state index in [0.717, 1.165) is 17.3 Å². The van der Waals surface area contributed by atoms with Crippen LogP contribution in [0.2, 0.25) is 0 Å². The summed E-state index contributed by atoms with van der Waals surface area (Å²) in [5.41, 5.74) is 6.39. The molecule has 6 heteroatoms. The summed E-state index contributed by atoms with van der Waals surface area (Å²) in [6.07, 6.45) is 6.44. The zero-order valence-electron chi connectivity index (χ0n) is 22.7. The summed E-state index contributed by atoms with van der Waals surface area (Å²) in [7, 11) is -0.587. The highest BCUT2D eigenvalue weighted by Gasteiger charge is 2.20. The van der Waals surface area contributed by atoms with E-state index in [1.54, 1.807) is 12.5 Å². The minimum atomic E-state index is -0.587. The van der Waals surface area contributed by atoms with Crippen molar-refractivity contribution in [1.82, 2.24) is 9.55 Å². The minimum absolute atomic E-state index is 0.226. The van der Waals surface area contributed by atoms with Gasteiger partial charge >= 0.3 is 0 Å². The number of rotatable bonds is 8. The zero-order chi connectivity index (χ0) is 28.3. The second-order valence-corrected chi connectivity index (χ2v) is 11.8. The molecule has 1 heterocycles. The maximum absolute atomic E-state index is 13.2. The van der Waals surface area contributed by atoms with Crippen LogP contribution in [-0.4, -0.2) is 25.8 Å². The molecule has 0 radical (unpaired) electrons. The second-order valence-electron chi connectivity index (χ2n) is 9.91. The van der Waals surface area contributed by atoms with Gasteiger partial charge in [-0.2, -0.15) is 0 Å². The van der Waals surface area contributed by atoms with E-state index < -0.39 is 9.52 Å². The molecular formula is C35H31BF2N2Si. The summed E-state index contributed by atoms with van der Waals surface area (Å²) >= 11 is 0. The molecule has 1 aromatic heterocycles. The highest BCUT2D eigenvalue weighted by Crippen LogP contribution is 2.24. The average Bonchev–Trinajstić information content (AvgIpc) is 3.55. The monoisotopic (exact) mass is 556 g/mol. The summed E-state index contributed by atoms with van der Waals surface area (Å²) in [4.78, 5) is 4.05. The van der Waals surface area contributed by atoms with Crippen molar-refractivity contribution in [3.8, 4) is 0 Å². The van der Waals surface area contributed by atoms with E-state index in [9.17, 15) is 8.78 Å². The lowest BCUT2D eigenvalue weighted by Crippen LogP contribution is -2.51. The molecule has 202 valence electrons. The fraction of sp³-hybridized carbons (Fsp3) is 0.0571. The van der Waals surface area contributed by atoms with Crippen molar-refractivity contribution in [2.75, 3.05) is 0 Å². The summed E-state index contributed by atoms with van der Waals surface area (Å²) in [6, 6.07) is 45.3. The van der Waals surface area contributed by atoms with E-state index in [1.807, 2.05) is 30.5 Å². The van der Waals surface area contributed by atoms with Crippen LogP contribution in [0.4, 0.5) is 8.78 Å². The molecule has 0 aliphatic heterocycles. The van der Waals surface area contributed by atoms with Gasteiger partial charge in [-0.3, -0.25) is 0 Å². The first-order valence-electron chi connectivity index (χ1n) is 13.8. The summed E-state index contributed by atoms with van der Waals surface area (Å²) in [5.74, 6) is -0.476. The Bertz CT molecular complexity index is 1440. The van der Waals surface area contributed by atoms with E-state index in [0.29, 0.717) is 6.71 Å². The molecule has 0 aliphatic rings. The van der Waals surface area contributed by atoms with Crippen molar-refractivity contribution < 1.29 is 8.78 Å². The molecule has 0 spiro atoms. The Balaban J connectivity index is 0.000000166. The van der Waals surface area contributed by atoms with Crippen LogP contribution >= 0.6 is 0 Å². The lowest BCUT2D eigenvalue weighted by Gasteiger charge is -2.18. The molecule has 0 N–H and O–H groups in total. The first-order valence-corrected chi connectivity index (χ1v) is 15.6. The number of aromatic nitrogens is 2. The number of benzene rings is 5. The lowest BCUT2D eigenvalue weighted by atomic mass is 9.37. The maximum Gasteiger partial charge on any atom is 0.241 e. The van der Waals surface area contributed by atoms with Crippen LogP contribution < -0.4 is 16.4 Å². The van der Waals surface area contributed by atoms with Crippen LogP contribution in [-0.2, 0) is 6.17 Å². The predicted octanol–water partition coefficient (Wildman–Crippen LogP) is 5.28. The van der Waals surface area contributed by atoms with Crippen LogP contribution in [0.1, 0.15) is 16.7 Å². The van der Waals surface area contributed by atoms with E-state index in [1.165, 1.54) is 40.7 Å². The topological polar surface area (TPSA) is 17.8 Å². The van der Waals surface area contributed by atoms with Gasteiger partial charge in [0, 0.05) is 18.6 Å². The van der Waals surface area contributed by atoms with Gasteiger partial charge in [-0.15, -0.1) is 0 Å². The molecule has 5 aromatic carbocycles. The lowest BCUT2D eigenvalue weighted by molar-refractivity contribution is 0.626. The van der Waals surface area contributed by atoms with Crippen molar-refractivity contribution in [1.29, 1.82) is 0 Å². The standard InChI is InChI=1S/C18H15B.C17H16F2N2Si/c1-4-10-16(11-5-1)19(17-12-6-2-7-13-17)18-14-8-3-9-15-18;18-15-5-1-13(2-6-15)17(14-3-7-16(19)8-4-14)22-12-21-10-9-20-11-21/h1-15H;1-11,17H,12,22H2. The second kappa shape index (κ2) is 14.2. The van der Waals surface area contributed by atoms with Crippen molar-refractivity contribution in [2.45, 2.75) is 11.7 Å². The predicted molar refractivity (Wildman–Crippen MR) is 169 cm³/mol. The van der Waals surface area contributed by atoms with E-state index in [4.69, 9.17) is 0 Å². The first kappa shape index (κ1) is 28.0. The van der Waals surface area contributed by atoms with Crippen molar-refractivity contribution in [3.63, 3.8) is 0 Å². The van der Waals surface area contributed by atoms with Gasteiger partial charge in [-0.25, -0.2) is 13.8 Å². The number of halogens is 2. The highest BCUT2D eigenvalue weighted by molar-refractivity contribution is 6.95. The molecule has 0 atom stereocenters. The molecule has 0 bridgehead atoms.